The highest BCUT2D eigenvalue weighted by atomic mass is 28.4. The Morgan fingerprint density at radius 1 is 1.47 bits per heavy atom. The van der Waals surface area contributed by atoms with E-state index in [1.165, 1.54) is 0 Å². The Hall–Kier alpha value is -1.44. The molecule has 0 bridgehead atoms. The van der Waals surface area contributed by atoms with Gasteiger partial charge in [-0.1, -0.05) is 0 Å². The van der Waals surface area contributed by atoms with E-state index in [2.05, 4.69) is 9.89 Å². The molecule has 98 valence electrons. The minimum absolute atomic E-state index is 0.107. The molecule has 0 N–H and O–H groups in total. The summed E-state index contributed by atoms with van der Waals surface area (Å²) in [6, 6.07) is -1.42. The monoisotopic (exact) mass is 262 g/mol. The van der Waals surface area contributed by atoms with Gasteiger partial charge < -0.3 is 9.26 Å². The Balaban J connectivity index is 4.56. The van der Waals surface area contributed by atoms with Gasteiger partial charge in [0.15, 0.2) is 0 Å². The fourth-order valence-electron chi connectivity index (χ4n) is 0.912. The third-order valence-corrected chi connectivity index (χ3v) is 2.33. The highest BCUT2D eigenvalue weighted by Gasteiger charge is 2.31. The van der Waals surface area contributed by atoms with Gasteiger partial charge in [0.05, 0.1) is 19.2 Å². The van der Waals surface area contributed by atoms with Crippen molar-refractivity contribution in [3.05, 3.63) is 10.1 Å². The first-order valence-electron chi connectivity index (χ1n) is 5.10. The number of ether oxygens (including phenoxy) is 1. The van der Waals surface area contributed by atoms with Crippen LogP contribution in [0.3, 0.4) is 0 Å². The van der Waals surface area contributed by atoms with Crippen molar-refractivity contribution in [3.8, 4) is 0 Å². The third-order valence-electron chi connectivity index (χ3n) is 1.69. The number of carbonyl (C=O) groups excluding carboxylic acids is 1. The molecule has 0 saturated carbocycles. The van der Waals surface area contributed by atoms with Crippen LogP contribution in [-0.2, 0) is 14.1 Å². The summed E-state index contributed by atoms with van der Waals surface area (Å²) in [5, 5.41) is 14.5. The fourth-order valence-corrected chi connectivity index (χ4v) is 1.34. The van der Waals surface area contributed by atoms with E-state index in [1.54, 1.807) is 6.92 Å². The quantitative estimate of drug-likeness (QED) is 0.237. The molecule has 0 aromatic rings. The molecule has 0 aromatic carbocycles. The van der Waals surface area contributed by atoms with Crippen molar-refractivity contribution in [2.45, 2.75) is 39.0 Å². The summed E-state index contributed by atoms with van der Waals surface area (Å²) in [7, 11) is -0.692. The number of hydrogen-bond acceptors (Lipinski definition) is 6. The van der Waals surface area contributed by atoms with Crippen molar-refractivity contribution in [2.24, 2.45) is 5.16 Å². The molecule has 0 radical (unpaired) electrons. The molecule has 0 aromatic heterocycles. The normalized spacial score (nSPS) is 14.1. The summed E-state index contributed by atoms with van der Waals surface area (Å²) in [6.45, 7) is 7.40. The maximum absolute atomic E-state index is 11.1. The molecule has 0 spiro atoms. The summed E-state index contributed by atoms with van der Waals surface area (Å²) in [5.74, 6) is -0.877. The fraction of sp³-hybridized carbons (Fsp3) is 0.778. The second-order valence-electron chi connectivity index (χ2n) is 4.56. The predicted molar refractivity (Wildman–Crippen MR) is 65.0 cm³/mol. The van der Waals surface area contributed by atoms with E-state index in [4.69, 9.17) is 4.53 Å². The maximum atomic E-state index is 11.1. The van der Waals surface area contributed by atoms with E-state index in [1.807, 2.05) is 19.6 Å². The van der Waals surface area contributed by atoms with Crippen LogP contribution in [0.5, 0.6) is 0 Å². The number of rotatable bonds is 6. The first kappa shape index (κ1) is 15.6. The molecule has 1 unspecified atom stereocenters. The predicted octanol–water partition coefficient (Wildman–Crippen LogP) is 1.42. The van der Waals surface area contributed by atoms with E-state index >= 15 is 0 Å². The standard InChI is InChI=1S/C9H18N2O5Si/c1-7(10-16-17(3,4)5)6-8(11(13)14)9(12)15-2/h8H,6H2,1-5H3/b10-7+. The highest BCUT2D eigenvalue weighted by Crippen LogP contribution is 2.06. The van der Waals surface area contributed by atoms with Gasteiger partial charge in [-0.2, -0.15) is 0 Å². The number of nitro groups is 1. The van der Waals surface area contributed by atoms with E-state index in [-0.39, 0.29) is 6.42 Å². The summed E-state index contributed by atoms with van der Waals surface area (Å²) >= 11 is 0. The van der Waals surface area contributed by atoms with Crippen molar-refractivity contribution >= 4 is 20.0 Å². The zero-order valence-corrected chi connectivity index (χ0v) is 11.7. The molecule has 0 fully saturated rings. The first-order chi connectivity index (χ1) is 7.67. The van der Waals surface area contributed by atoms with Crippen LogP contribution >= 0.6 is 0 Å². The minimum Gasteiger partial charge on any atom is -0.464 e. The van der Waals surface area contributed by atoms with Crippen LogP contribution in [0.15, 0.2) is 5.16 Å². The largest absolute Gasteiger partial charge is 0.464 e. The van der Waals surface area contributed by atoms with Gasteiger partial charge in [-0.05, 0) is 26.6 Å². The van der Waals surface area contributed by atoms with Crippen LogP contribution in [0.4, 0.5) is 0 Å². The van der Waals surface area contributed by atoms with Gasteiger partial charge in [-0.25, -0.2) is 4.79 Å². The van der Waals surface area contributed by atoms with E-state index in [0.29, 0.717) is 5.71 Å². The number of esters is 1. The van der Waals surface area contributed by atoms with Crippen molar-refractivity contribution < 1.29 is 19.0 Å². The van der Waals surface area contributed by atoms with E-state index in [9.17, 15) is 14.9 Å². The van der Waals surface area contributed by atoms with Crippen LogP contribution in [0, 0.1) is 10.1 Å². The lowest BCUT2D eigenvalue weighted by atomic mass is 10.1. The lowest BCUT2D eigenvalue weighted by Crippen LogP contribution is -2.33. The van der Waals surface area contributed by atoms with Crippen molar-refractivity contribution in [1.82, 2.24) is 0 Å². The summed E-state index contributed by atoms with van der Waals surface area (Å²) < 4.78 is 9.59. The first-order valence-corrected chi connectivity index (χ1v) is 8.51. The molecule has 17 heavy (non-hydrogen) atoms. The number of oxime groups is 1. The Morgan fingerprint density at radius 3 is 2.35 bits per heavy atom. The van der Waals surface area contributed by atoms with Gasteiger partial charge in [0.1, 0.15) is 0 Å². The van der Waals surface area contributed by atoms with Crippen molar-refractivity contribution in [3.63, 3.8) is 0 Å². The second kappa shape index (κ2) is 6.33. The molecule has 8 heteroatoms. The molecule has 0 amide bonds. The van der Waals surface area contributed by atoms with Gasteiger partial charge in [0.25, 0.3) is 8.32 Å². The van der Waals surface area contributed by atoms with Gasteiger partial charge in [-0.3, -0.25) is 10.1 Å². The van der Waals surface area contributed by atoms with Crippen LogP contribution in [0.25, 0.3) is 0 Å². The molecule has 1 atom stereocenters. The smallest absolute Gasteiger partial charge is 0.381 e. The molecule has 0 aliphatic carbocycles. The molecule has 7 nitrogen and oxygen atoms in total. The van der Waals surface area contributed by atoms with Gasteiger partial charge >= 0.3 is 12.0 Å². The average Bonchev–Trinajstić information content (AvgIpc) is 2.20. The lowest BCUT2D eigenvalue weighted by Gasteiger charge is -2.14. The number of carbonyl (C=O) groups is 1. The van der Waals surface area contributed by atoms with Crippen molar-refractivity contribution in [1.29, 1.82) is 0 Å². The Kier molecular flexibility index (Phi) is 5.79. The minimum atomic E-state index is -1.81. The molecule has 0 rings (SSSR count). The number of methoxy groups -OCH3 is 1. The Bertz CT molecular complexity index is 324. The number of nitrogens with zero attached hydrogens (tertiary/aromatic N) is 2. The molecule has 0 aliphatic heterocycles. The summed E-state index contributed by atoms with van der Waals surface area (Å²) in [6.07, 6.45) is -0.107. The topological polar surface area (TPSA) is 91.0 Å². The molecule has 0 aliphatic rings. The molecular weight excluding hydrogens is 244 g/mol. The zero-order chi connectivity index (χ0) is 13.6. The Morgan fingerprint density at radius 2 is 2.00 bits per heavy atom. The van der Waals surface area contributed by atoms with Gasteiger partial charge in [-0.15, -0.1) is 5.16 Å². The van der Waals surface area contributed by atoms with Crippen molar-refractivity contribution in [2.75, 3.05) is 7.11 Å². The van der Waals surface area contributed by atoms with Crippen LogP contribution in [0.2, 0.25) is 19.6 Å². The lowest BCUT2D eigenvalue weighted by molar-refractivity contribution is -0.508. The van der Waals surface area contributed by atoms with Gasteiger partial charge in [0.2, 0.25) is 0 Å². The highest BCUT2D eigenvalue weighted by molar-refractivity contribution is 6.69. The molecule has 0 heterocycles. The zero-order valence-electron chi connectivity index (χ0n) is 10.7. The van der Waals surface area contributed by atoms with E-state index < -0.39 is 25.3 Å². The molecule has 0 saturated heterocycles. The van der Waals surface area contributed by atoms with Crippen LogP contribution in [-0.4, -0.2) is 38.1 Å². The maximum Gasteiger partial charge on any atom is 0.381 e. The van der Waals surface area contributed by atoms with Gasteiger partial charge in [0, 0.05) is 4.92 Å². The summed E-state index contributed by atoms with van der Waals surface area (Å²) in [5.41, 5.74) is 0.402. The van der Waals surface area contributed by atoms with Crippen LogP contribution in [0.1, 0.15) is 13.3 Å². The van der Waals surface area contributed by atoms with E-state index in [0.717, 1.165) is 7.11 Å². The SMILES string of the molecule is COC(=O)C(C/C(C)=N/O[Si](C)(C)C)[N+](=O)[O-]. The second-order valence-corrected chi connectivity index (χ2v) is 8.97. The Labute approximate surface area is 101 Å². The number of hydrogen-bond donors (Lipinski definition) is 0. The third kappa shape index (κ3) is 6.67. The summed E-state index contributed by atoms with van der Waals surface area (Å²) in [4.78, 5) is 21.1. The molecular formula is C9H18N2O5Si. The average molecular weight is 262 g/mol. The van der Waals surface area contributed by atoms with Crippen LogP contribution < -0.4 is 0 Å².